The number of ether oxygens (including phenoxy) is 1. The monoisotopic (exact) mass is 320 g/mol. The minimum Gasteiger partial charge on any atom is -0.378 e. The Morgan fingerprint density at radius 3 is 2.91 bits per heavy atom. The first-order valence-electron chi connectivity index (χ1n) is 8.93. The number of aromatic nitrogens is 2. The topological polar surface area (TPSA) is 68.2 Å². The summed E-state index contributed by atoms with van der Waals surface area (Å²) in [5.41, 5.74) is 1.10. The molecule has 3 rings (SSSR count). The smallest absolute Gasteiger partial charge is 0.320 e. The number of carbonyl (C=O) groups is 1. The summed E-state index contributed by atoms with van der Waals surface area (Å²) >= 11 is 0. The van der Waals surface area contributed by atoms with Crippen LogP contribution in [-0.2, 0) is 11.8 Å². The first-order valence-corrected chi connectivity index (χ1v) is 8.93. The molecule has 2 aliphatic rings. The molecule has 6 nitrogen and oxygen atoms in total. The molecule has 0 unspecified atom stereocenters. The first kappa shape index (κ1) is 16.3. The standard InChI is InChI=1S/C17H28N4O2/c1-21-16(12-15(20-21)13-6-4-7-13)19-17(22)18-10-5-9-14-8-2-3-11-23-14/h12-14H,2-11H2,1H3,(H2,18,19,22)/t14-/m0/s1. The lowest BCUT2D eigenvalue weighted by Gasteiger charge is -2.22. The second-order valence-corrected chi connectivity index (χ2v) is 6.72. The van der Waals surface area contributed by atoms with Gasteiger partial charge in [0.1, 0.15) is 5.82 Å². The Bertz CT molecular complexity index is 519. The Balaban J connectivity index is 1.36. The average Bonchev–Trinajstić information content (AvgIpc) is 2.83. The number of rotatable bonds is 6. The molecule has 0 spiro atoms. The molecule has 1 aromatic rings. The maximum absolute atomic E-state index is 12.0. The van der Waals surface area contributed by atoms with Crippen LogP contribution in [-0.4, -0.2) is 35.1 Å². The molecule has 6 heteroatoms. The molecule has 2 fully saturated rings. The second-order valence-electron chi connectivity index (χ2n) is 6.72. The molecule has 0 radical (unpaired) electrons. The van der Waals surface area contributed by atoms with Crippen molar-refractivity contribution in [3.05, 3.63) is 11.8 Å². The molecular weight excluding hydrogens is 292 g/mol. The van der Waals surface area contributed by atoms with Gasteiger partial charge in [0.25, 0.3) is 0 Å². The first-order chi connectivity index (χ1) is 11.2. The highest BCUT2D eigenvalue weighted by molar-refractivity contribution is 5.88. The van der Waals surface area contributed by atoms with E-state index in [1.54, 1.807) is 4.68 Å². The van der Waals surface area contributed by atoms with Gasteiger partial charge in [0.15, 0.2) is 0 Å². The Morgan fingerprint density at radius 1 is 1.35 bits per heavy atom. The van der Waals surface area contributed by atoms with Crippen LogP contribution >= 0.6 is 0 Å². The third-order valence-corrected chi connectivity index (χ3v) is 4.93. The Labute approximate surface area is 138 Å². The van der Waals surface area contributed by atoms with Crippen LogP contribution in [0.4, 0.5) is 10.6 Å². The summed E-state index contributed by atoms with van der Waals surface area (Å²) in [7, 11) is 1.87. The molecule has 1 saturated heterocycles. The van der Waals surface area contributed by atoms with Crippen molar-refractivity contribution in [1.29, 1.82) is 0 Å². The molecule has 1 aliphatic heterocycles. The van der Waals surface area contributed by atoms with Gasteiger partial charge in [0.05, 0.1) is 11.8 Å². The highest BCUT2D eigenvalue weighted by Gasteiger charge is 2.23. The maximum Gasteiger partial charge on any atom is 0.320 e. The number of hydrogen-bond donors (Lipinski definition) is 2. The normalized spacial score (nSPS) is 21.7. The highest BCUT2D eigenvalue weighted by atomic mass is 16.5. The SMILES string of the molecule is Cn1nc(C2CCC2)cc1NC(=O)NCCC[C@@H]1CCCCO1. The number of hydrogen-bond acceptors (Lipinski definition) is 3. The summed E-state index contributed by atoms with van der Waals surface area (Å²) in [4.78, 5) is 12.0. The number of carbonyl (C=O) groups excluding carboxylic acids is 1. The minimum atomic E-state index is -0.155. The number of nitrogens with one attached hydrogen (secondary N) is 2. The molecule has 0 aromatic carbocycles. The third-order valence-electron chi connectivity index (χ3n) is 4.93. The van der Waals surface area contributed by atoms with Gasteiger partial charge in [0.2, 0.25) is 0 Å². The van der Waals surface area contributed by atoms with Crippen LogP contribution in [0, 0.1) is 0 Å². The van der Waals surface area contributed by atoms with Crippen molar-refractivity contribution in [3.63, 3.8) is 0 Å². The Morgan fingerprint density at radius 2 is 2.22 bits per heavy atom. The molecule has 2 heterocycles. The van der Waals surface area contributed by atoms with Crippen molar-refractivity contribution >= 4 is 11.8 Å². The van der Waals surface area contributed by atoms with Crippen LogP contribution in [0.25, 0.3) is 0 Å². The molecule has 1 atom stereocenters. The molecule has 0 bridgehead atoms. The van der Waals surface area contributed by atoms with Crippen molar-refractivity contribution < 1.29 is 9.53 Å². The van der Waals surface area contributed by atoms with Crippen molar-refractivity contribution in [2.75, 3.05) is 18.5 Å². The molecule has 23 heavy (non-hydrogen) atoms. The maximum atomic E-state index is 12.0. The van der Waals surface area contributed by atoms with Gasteiger partial charge in [-0.3, -0.25) is 10.00 Å². The summed E-state index contributed by atoms with van der Waals surface area (Å²) in [6.45, 7) is 1.57. The lowest BCUT2D eigenvalue weighted by Crippen LogP contribution is -2.31. The molecule has 1 aliphatic carbocycles. The largest absolute Gasteiger partial charge is 0.378 e. The number of urea groups is 1. The van der Waals surface area contributed by atoms with Gasteiger partial charge < -0.3 is 10.1 Å². The molecular formula is C17H28N4O2. The van der Waals surface area contributed by atoms with Gasteiger partial charge in [-0.25, -0.2) is 4.79 Å². The van der Waals surface area contributed by atoms with Gasteiger partial charge in [-0.2, -0.15) is 5.10 Å². The Hall–Kier alpha value is -1.56. The summed E-state index contributed by atoms with van der Waals surface area (Å²) < 4.78 is 7.45. The second kappa shape index (κ2) is 7.81. The fourth-order valence-electron chi connectivity index (χ4n) is 3.24. The van der Waals surface area contributed by atoms with E-state index in [-0.39, 0.29) is 6.03 Å². The van der Waals surface area contributed by atoms with Crippen LogP contribution in [0.3, 0.4) is 0 Å². The summed E-state index contributed by atoms with van der Waals surface area (Å²) in [5, 5.41) is 10.3. The van der Waals surface area contributed by atoms with E-state index in [9.17, 15) is 4.79 Å². The molecule has 2 N–H and O–H groups in total. The van der Waals surface area contributed by atoms with Crippen molar-refractivity contribution in [2.45, 2.75) is 63.4 Å². The molecule has 1 aromatic heterocycles. The lowest BCUT2D eigenvalue weighted by atomic mass is 9.83. The zero-order valence-electron chi connectivity index (χ0n) is 14.0. The van der Waals surface area contributed by atoms with Crippen LogP contribution in [0.5, 0.6) is 0 Å². The number of anilines is 1. The molecule has 128 valence electrons. The zero-order chi connectivity index (χ0) is 16.1. The quantitative estimate of drug-likeness (QED) is 0.791. The van der Waals surface area contributed by atoms with Gasteiger partial charge in [-0.1, -0.05) is 6.42 Å². The van der Waals surface area contributed by atoms with Crippen molar-refractivity contribution in [1.82, 2.24) is 15.1 Å². The van der Waals surface area contributed by atoms with Crippen LogP contribution in [0.1, 0.15) is 63.0 Å². The van der Waals surface area contributed by atoms with Gasteiger partial charge >= 0.3 is 6.03 Å². The molecule has 1 saturated carbocycles. The van der Waals surface area contributed by atoms with Crippen molar-refractivity contribution in [3.8, 4) is 0 Å². The number of aryl methyl sites for hydroxylation is 1. The third kappa shape index (κ3) is 4.47. The van der Waals surface area contributed by atoms with Crippen LogP contribution in [0.2, 0.25) is 0 Å². The van der Waals surface area contributed by atoms with Crippen LogP contribution < -0.4 is 10.6 Å². The van der Waals surface area contributed by atoms with Crippen LogP contribution in [0.15, 0.2) is 6.07 Å². The summed E-state index contributed by atoms with van der Waals surface area (Å²) in [6, 6.07) is 1.84. The van der Waals surface area contributed by atoms with E-state index in [1.807, 2.05) is 13.1 Å². The van der Waals surface area contributed by atoms with Gasteiger partial charge in [-0.05, 0) is 44.9 Å². The highest BCUT2D eigenvalue weighted by Crippen LogP contribution is 2.36. The van der Waals surface area contributed by atoms with E-state index >= 15 is 0 Å². The predicted octanol–water partition coefficient (Wildman–Crippen LogP) is 3.16. The number of nitrogens with zero attached hydrogens (tertiary/aromatic N) is 2. The molecule has 2 amide bonds. The van der Waals surface area contributed by atoms with Gasteiger partial charge in [-0.15, -0.1) is 0 Å². The lowest BCUT2D eigenvalue weighted by molar-refractivity contribution is 0.0103. The zero-order valence-corrected chi connectivity index (χ0v) is 14.0. The van der Waals surface area contributed by atoms with E-state index in [4.69, 9.17) is 4.74 Å². The van der Waals surface area contributed by atoms with Gasteiger partial charge in [0, 0.05) is 32.2 Å². The van der Waals surface area contributed by atoms with E-state index in [0.717, 1.165) is 37.4 Å². The summed E-state index contributed by atoms with van der Waals surface area (Å²) in [5.74, 6) is 1.34. The number of amides is 2. The van der Waals surface area contributed by atoms with E-state index in [2.05, 4.69) is 15.7 Å². The summed E-state index contributed by atoms with van der Waals surface area (Å²) in [6.07, 6.45) is 9.69. The minimum absolute atomic E-state index is 0.155. The van der Waals surface area contributed by atoms with E-state index < -0.39 is 0 Å². The Kier molecular flexibility index (Phi) is 5.54. The average molecular weight is 320 g/mol. The fourth-order valence-corrected chi connectivity index (χ4v) is 3.24. The van der Waals surface area contributed by atoms with Crippen molar-refractivity contribution in [2.24, 2.45) is 7.05 Å². The van der Waals surface area contributed by atoms with E-state index in [0.29, 0.717) is 18.6 Å². The van der Waals surface area contributed by atoms with E-state index in [1.165, 1.54) is 32.1 Å². The predicted molar refractivity (Wildman–Crippen MR) is 89.6 cm³/mol. The fraction of sp³-hybridized carbons (Fsp3) is 0.765.